The fraction of sp³-hybridized carbons (Fsp3) is 0.154. The van der Waals surface area contributed by atoms with Gasteiger partial charge in [-0.15, -0.1) is 0 Å². The summed E-state index contributed by atoms with van der Waals surface area (Å²) in [6.07, 6.45) is 0. The summed E-state index contributed by atoms with van der Waals surface area (Å²) in [5.74, 6) is 0.959. The number of aromatic nitrogens is 3. The normalized spacial score (nSPS) is 10.9. The molecule has 0 saturated carbocycles. The van der Waals surface area contributed by atoms with Crippen LogP contribution in [0.2, 0.25) is 0 Å². The molecule has 0 unspecified atom stereocenters. The highest BCUT2D eigenvalue weighted by Gasteiger charge is 2.18. The second-order valence-electron chi connectivity index (χ2n) is 4.39. The minimum absolute atomic E-state index is 0.408. The van der Waals surface area contributed by atoms with E-state index in [9.17, 15) is 0 Å². The van der Waals surface area contributed by atoms with Gasteiger partial charge in [0.1, 0.15) is 5.00 Å². The Morgan fingerprint density at radius 3 is 2.75 bits per heavy atom. The molecule has 0 aliphatic rings. The lowest BCUT2D eigenvalue weighted by Gasteiger charge is -2.00. The maximum absolute atomic E-state index is 5.89. The molecule has 7 heteroatoms. The molecule has 0 atom stereocenters. The van der Waals surface area contributed by atoms with E-state index in [1.165, 1.54) is 11.5 Å². The Morgan fingerprint density at radius 2 is 2.10 bits per heavy atom. The summed E-state index contributed by atoms with van der Waals surface area (Å²) in [7, 11) is 0. The third-order valence-corrected chi connectivity index (χ3v) is 4.22. The van der Waals surface area contributed by atoms with E-state index in [0.29, 0.717) is 16.7 Å². The van der Waals surface area contributed by atoms with Crippen molar-refractivity contribution < 1.29 is 4.52 Å². The Labute approximate surface area is 128 Å². The van der Waals surface area contributed by atoms with Gasteiger partial charge in [-0.2, -0.15) is 9.36 Å². The molecule has 0 amide bonds. The van der Waals surface area contributed by atoms with Crippen molar-refractivity contribution in [1.82, 2.24) is 14.5 Å². The smallest absolute Gasteiger partial charge is 0.263 e. The molecule has 2 N–H and O–H groups in total. The predicted octanol–water partition coefficient (Wildman–Crippen LogP) is 3.82. The number of nitrogen functional groups attached to an aromatic ring is 1. The van der Waals surface area contributed by atoms with Crippen LogP contribution in [0.15, 0.2) is 27.2 Å². The molecular formula is C13H11BrN4OS. The minimum atomic E-state index is 0.408. The molecule has 0 bridgehead atoms. The number of nitrogens with zero attached hydrogens (tertiary/aromatic N) is 3. The monoisotopic (exact) mass is 350 g/mol. The highest BCUT2D eigenvalue weighted by molar-refractivity contribution is 9.10. The number of aryl methyl sites for hydroxylation is 2. The van der Waals surface area contributed by atoms with Gasteiger partial charge in [-0.1, -0.05) is 21.1 Å². The molecule has 0 aliphatic heterocycles. The van der Waals surface area contributed by atoms with Crippen molar-refractivity contribution in [3.05, 3.63) is 33.9 Å². The Bertz CT molecular complexity index is 761. The molecule has 0 spiro atoms. The maximum atomic E-state index is 5.89. The highest BCUT2D eigenvalue weighted by atomic mass is 79.9. The third kappa shape index (κ3) is 2.23. The molecule has 20 heavy (non-hydrogen) atoms. The molecule has 0 fully saturated rings. The van der Waals surface area contributed by atoms with Gasteiger partial charge in [-0.3, -0.25) is 0 Å². The topological polar surface area (TPSA) is 77.8 Å². The van der Waals surface area contributed by atoms with Crippen molar-refractivity contribution in [3.63, 3.8) is 0 Å². The van der Waals surface area contributed by atoms with E-state index in [1.807, 2.05) is 32.0 Å². The summed E-state index contributed by atoms with van der Waals surface area (Å²) in [4.78, 5) is 4.43. The van der Waals surface area contributed by atoms with E-state index >= 15 is 0 Å². The molecule has 0 aliphatic carbocycles. The van der Waals surface area contributed by atoms with Crippen molar-refractivity contribution in [3.8, 4) is 22.8 Å². The van der Waals surface area contributed by atoms with E-state index in [1.54, 1.807) is 0 Å². The van der Waals surface area contributed by atoms with Crippen LogP contribution in [-0.2, 0) is 0 Å². The first-order valence-corrected chi connectivity index (χ1v) is 7.45. The number of anilines is 1. The molecule has 5 nitrogen and oxygen atoms in total. The van der Waals surface area contributed by atoms with Gasteiger partial charge in [0, 0.05) is 10.0 Å². The molecule has 0 saturated heterocycles. The largest absolute Gasteiger partial charge is 0.389 e. The summed E-state index contributed by atoms with van der Waals surface area (Å²) in [5.41, 5.74) is 9.42. The van der Waals surface area contributed by atoms with Crippen LogP contribution >= 0.6 is 27.5 Å². The molecule has 3 rings (SSSR count). The van der Waals surface area contributed by atoms with Gasteiger partial charge in [0.2, 0.25) is 5.82 Å². The molecule has 102 valence electrons. The van der Waals surface area contributed by atoms with Crippen LogP contribution in [0.4, 0.5) is 5.00 Å². The maximum Gasteiger partial charge on any atom is 0.263 e. The quantitative estimate of drug-likeness (QED) is 0.759. The average molecular weight is 351 g/mol. The van der Waals surface area contributed by atoms with Crippen molar-refractivity contribution in [2.24, 2.45) is 0 Å². The van der Waals surface area contributed by atoms with Gasteiger partial charge < -0.3 is 10.3 Å². The van der Waals surface area contributed by atoms with Gasteiger partial charge in [0.05, 0.1) is 11.3 Å². The zero-order valence-corrected chi connectivity index (χ0v) is 13.2. The first kappa shape index (κ1) is 13.3. The Hall–Kier alpha value is -1.73. The Morgan fingerprint density at radius 1 is 1.30 bits per heavy atom. The van der Waals surface area contributed by atoms with Crippen LogP contribution < -0.4 is 5.73 Å². The molecule has 2 heterocycles. The summed E-state index contributed by atoms with van der Waals surface area (Å²) in [6.45, 7) is 3.87. The summed E-state index contributed by atoms with van der Waals surface area (Å²) in [6, 6.07) is 5.91. The molecule has 3 aromatic rings. The molecular weight excluding hydrogens is 340 g/mol. The lowest BCUT2D eigenvalue weighted by molar-refractivity contribution is 0.432. The van der Waals surface area contributed by atoms with Crippen LogP contribution in [0.3, 0.4) is 0 Å². The average Bonchev–Trinajstić information content (AvgIpc) is 2.97. The van der Waals surface area contributed by atoms with Crippen LogP contribution in [0.1, 0.15) is 11.3 Å². The predicted molar refractivity (Wildman–Crippen MR) is 82.4 cm³/mol. The van der Waals surface area contributed by atoms with Crippen LogP contribution in [-0.4, -0.2) is 14.5 Å². The first-order valence-electron chi connectivity index (χ1n) is 5.88. The third-order valence-electron chi connectivity index (χ3n) is 2.96. The van der Waals surface area contributed by atoms with Gasteiger partial charge in [-0.05, 0) is 49.1 Å². The van der Waals surface area contributed by atoms with Gasteiger partial charge in [0.15, 0.2) is 0 Å². The Balaban J connectivity index is 2.07. The number of hydrogen-bond acceptors (Lipinski definition) is 6. The second kappa shape index (κ2) is 4.99. The van der Waals surface area contributed by atoms with E-state index < -0.39 is 0 Å². The van der Waals surface area contributed by atoms with E-state index in [2.05, 4.69) is 30.4 Å². The summed E-state index contributed by atoms with van der Waals surface area (Å²) in [5, 5.41) is 4.62. The lowest BCUT2D eigenvalue weighted by Crippen LogP contribution is -1.88. The number of rotatable bonds is 2. The summed E-state index contributed by atoms with van der Waals surface area (Å²) >= 11 is 4.67. The SMILES string of the molecule is Cc1cc(Br)ccc1-c1noc(-c2c(C)nsc2N)n1. The van der Waals surface area contributed by atoms with Gasteiger partial charge in [-0.25, -0.2) is 0 Å². The minimum Gasteiger partial charge on any atom is -0.389 e. The summed E-state index contributed by atoms with van der Waals surface area (Å²) < 4.78 is 10.5. The van der Waals surface area contributed by atoms with Crippen molar-refractivity contribution in [2.45, 2.75) is 13.8 Å². The lowest BCUT2D eigenvalue weighted by atomic mass is 10.1. The van der Waals surface area contributed by atoms with Crippen molar-refractivity contribution >= 4 is 32.5 Å². The van der Waals surface area contributed by atoms with E-state index in [0.717, 1.165) is 26.9 Å². The van der Waals surface area contributed by atoms with Gasteiger partial charge in [0.25, 0.3) is 5.89 Å². The zero-order chi connectivity index (χ0) is 14.3. The fourth-order valence-corrected chi connectivity index (χ4v) is 3.09. The molecule has 1 aromatic carbocycles. The van der Waals surface area contributed by atoms with E-state index in [-0.39, 0.29) is 0 Å². The van der Waals surface area contributed by atoms with E-state index in [4.69, 9.17) is 10.3 Å². The van der Waals surface area contributed by atoms with Gasteiger partial charge >= 0.3 is 0 Å². The Kier molecular flexibility index (Phi) is 3.31. The number of nitrogens with two attached hydrogens (primary N) is 1. The highest BCUT2D eigenvalue weighted by Crippen LogP contribution is 2.33. The number of halogens is 1. The zero-order valence-electron chi connectivity index (χ0n) is 10.8. The molecule has 2 aromatic heterocycles. The molecule has 0 radical (unpaired) electrons. The van der Waals surface area contributed by atoms with Crippen LogP contribution in [0.5, 0.6) is 0 Å². The number of benzene rings is 1. The van der Waals surface area contributed by atoms with Crippen LogP contribution in [0, 0.1) is 13.8 Å². The second-order valence-corrected chi connectivity index (χ2v) is 6.11. The fourth-order valence-electron chi connectivity index (χ4n) is 1.96. The number of hydrogen-bond donors (Lipinski definition) is 1. The standard InChI is InChI=1S/C13H11BrN4OS/c1-6-5-8(14)3-4-9(6)12-16-13(19-17-12)10-7(2)18-20-11(10)15/h3-5H,15H2,1-2H3. The first-order chi connectivity index (χ1) is 9.56. The van der Waals surface area contributed by atoms with Crippen molar-refractivity contribution in [2.75, 3.05) is 5.73 Å². The van der Waals surface area contributed by atoms with Crippen LogP contribution in [0.25, 0.3) is 22.8 Å². The van der Waals surface area contributed by atoms with Crippen molar-refractivity contribution in [1.29, 1.82) is 0 Å².